The smallest absolute Gasteiger partial charge is 0.311 e. The van der Waals surface area contributed by atoms with E-state index < -0.39 is 11.4 Å². The second-order valence-electron chi connectivity index (χ2n) is 5.26. The first kappa shape index (κ1) is 15.6. The van der Waals surface area contributed by atoms with Crippen LogP contribution in [0.1, 0.15) is 30.1 Å². The van der Waals surface area contributed by atoms with Crippen molar-refractivity contribution < 1.29 is 19.4 Å². The fourth-order valence-corrected chi connectivity index (χ4v) is 2.85. The van der Waals surface area contributed by atoms with Crippen molar-refractivity contribution >= 4 is 23.5 Å². The number of nitrogens with zero attached hydrogens (tertiary/aromatic N) is 1. The van der Waals surface area contributed by atoms with Gasteiger partial charge < -0.3 is 14.7 Å². The minimum absolute atomic E-state index is 0.216. The molecule has 1 aliphatic heterocycles. The molecule has 1 fully saturated rings. The first-order chi connectivity index (χ1) is 9.93. The maximum absolute atomic E-state index is 12.6. The molecule has 0 radical (unpaired) electrons. The number of benzene rings is 1. The van der Waals surface area contributed by atoms with Gasteiger partial charge in [0.2, 0.25) is 0 Å². The third-order valence-corrected chi connectivity index (χ3v) is 4.40. The summed E-state index contributed by atoms with van der Waals surface area (Å²) in [6.07, 6.45) is 0.965. The monoisotopic (exact) mass is 311 g/mol. The molecule has 0 bridgehead atoms. The van der Waals surface area contributed by atoms with Crippen molar-refractivity contribution in [3.05, 3.63) is 28.8 Å². The Morgan fingerprint density at radius 2 is 2.19 bits per heavy atom. The second-order valence-corrected chi connectivity index (χ2v) is 5.70. The summed E-state index contributed by atoms with van der Waals surface area (Å²) in [6.45, 7) is 2.48. The molecule has 1 amide bonds. The van der Waals surface area contributed by atoms with E-state index in [0.29, 0.717) is 35.7 Å². The molecular weight excluding hydrogens is 294 g/mol. The molecule has 1 aliphatic rings. The first-order valence-corrected chi connectivity index (χ1v) is 7.17. The quantitative estimate of drug-likeness (QED) is 0.928. The number of hydrogen-bond donors (Lipinski definition) is 1. The molecule has 21 heavy (non-hydrogen) atoms. The highest BCUT2D eigenvalue weighted by Gasteiger charge is 2.45. The molecule has 1 unspecified atom stereocenters. The third-order valence-electron chi connectivity index (χ3n) is 4.16. The highest BCUT2D eigenvalue weighted by atomic mass is 35.5. The summed E-state index contributed by atoms with van der Waals surface area (Å²) >= 11 is 5.94. The van der Waals surface area contributed by atoms with E-state index >= 15 is 0 Å². The summed E-state index contributed by atoms with van der Waals surface area (Å²) in [6, 6.07) is 4.83. The zero-order chi connectivity index (χ0) is 15.6. The molecule has 0 aliphatic carbocycles. The molecule has 1 N–H and O–H groups in total. The number of methoxy groups -OCH3 is 1. The molecule has 1 heterocycles. The van der Waals surface area contributed by atoms with Gasteiger partial charge in [-0.05, 0) is 31.0 Å². The van der Waals surface area contributed by atoms with E-state index in [4.69, 9.17) is 16.3 Å². The average Bonchev–Trinajstić information content (AvgIpc) is 2.92. The number of carboxylic acids is 1. The molecular formula is C15H18ClNO4. The van der Waals surface area contributed by atoms with Crippen LogP contribution >= 0.6 is 11.6 Å². The Morgan fingerprint density at radius 3 is 2.71 bits per heavy atom. The minimum atomic E-state index is -0.849. The van der Waals surface area contributed by atoms with Gasteiger partial charge in [0.1, 0.15) is 5.75 Å². The van der Waals surface area contributed by atoms with E-state index in [-0.39, 0.29) is 12.5 Å². The standard InChI is InChI=1S/C15H18ClNO4/c1-3-15(14(19)20)6-7-17(9-15)13(18)11-8-10(16)4-5-12(11)21-2/h4-5,8H,3,6-7,9H2,1-2H3,(H,19,20). The molecule has 6 heteroatoms. The van der Waals surface area contributed by atoms with Gasteiger partial charge in [0.15, 0.2) is 0 Å². The third kappa shape index (κ3) is 2.83. The minimum Gasteiger partial charge on any atom is -0.496 e. The lowest BCUT2D eigenvalue weighted by atomic mass is 9.84. The van der Waals surface area contributed by atoms with Crippen molar-refractivity contribution in [1.29, 1.82) is 0 Å². The Balaban J connectivity index is 2.26. The molecule has 114 valence electrons. The van der Waals surface area contributed by atoms with Crippen LogP contribution in [0.5, 0.6) is 5.75 Å². The van der Waals surface area contributed by atoms with Crippen molar-refractivity contribution in [3.8, 4) is 5.75 Å². The Bertz CT molecular complexity index is 575. The molecule has 1 aromatic rings. The molecule has 2 rings (SSSR count). The van der Waals surface area contributed by atoms with Gasteiger partial charge >= 0.3 is 5.97 Å². The van der Waals surface area contributed by atoms with Gasteiger partial charge in [-0.3, -0.25) is 9.59 Å². The van der Waals surface area contributed by atoms with Crippen molar-refractivity contribution in [3.63, 3.8) is 0 Å². The fourth-order valence-electron chi connectivity index (χ4n) is 2.68. The summed E-state index contributed by atoms with van der Waals surface area (Å²) in [5, 5.41) is 9.84. The van der Waals surface area contributed by atoms with Gasteiger partial charge in [0, 0.05) is 18.1 Å². The molecule has 0 saturated carbocycles. The molecule has 1 atom stereocenters. The number of carbonyl (C=O) groups is 2. The molecule has 0 spiro atoms. The molecule has 1 aromatic carbocycles. The van der Waals surface area contributed by atoms with Crippen molar-refractivity contribution in [1.82, 2.24) is 4.90 Å². The summed E-state index contributed by atoms with van der Waals surface area (Å²) < 4.78 is 5.18. The van der Waals surface area contributed by atoms with Gasteiger partial charge in [0.05, 0.1) is 18.1 Å². The van der Waals surface area contributed by atoms with Crippen LogP contribution in [0.15, 0.2) is 18.2 Å². The molecule has 1 saturated heterocycles. The number of likely N-dealkylation sites (tertiary alicyclic amines) is 1. The zero-order valence-electron chi connectivity index (χ0n) is 12.1. The van der Waals surface area contributed by atoms with Crippen LogP contribution in [0.3, 0.4) is 0 Å². The normalized spacial score (nSPS) is 21.4. The van der Waals surface area contributed by atoms with E-state index in [0.717, 1.165) is 0 Å². The number of aliphatic carboxylic acids is 1. The van der Waals surface area contributed by atoms with Gasteiger partial charge in [-0.2, -0.15) is 0 Å². The van der Waals surface area contributed by atoms with Crippen LogP contribution in [0.4, 0.5) is 0 Å². The van der Waals surface area contributed by atoms with E-state index in [1.807, 2.05) is 6.92 Å². The van der Waals surface area contributed by atoms with E-state index in [2.05, 4.69) is 0 Å². The van der Waals surface area contributed by atoms with Crippen molar-refractivity contribution in [2.24, 2.45) is 5.41 Å². The first-order valence-electron chi connectivity index (χ1n) is 6.80. The number of carboxylic acid groups (broad SMARTS) is 1. The predicted octanol–water partition coefficient (Wildman–Crippen LogP) is 2.68. The summed E-state index contributed by atoms with van der Waals surface area (Å²) in [7, 11) is 1.48. The molecule has 0 aromatic heterocycles. The van der Waals surface area contributed by atoms with Crippen LogP contribution in [0, 0.1) is 5.41 Å². The van der Waals surface area contributed by atoms with E-state index in [1.54, 1.807) is 23.1 Å². The lowest BCUT2D eigenvalue weighted by Crippen LogP contribution is -2.36. The van der Waals surface area contributed by atoms with E-state index in [1.165, 1.54) is 7.11 Å². The number of rotatable bonds is 4. The van der Waals surface area contributed by atoms with Gasteiger partial charge in [-0.1, -0.05) is 18.5 Å². The number of halogens is 1. The largest absolute Gasteiger partial charge is 0.496 e. The van der Waals surface area contributed by atoms with Crippen LogP contribution in [-0.2, 0) is 4.79 Å². The Labute approximate surface area is 128 Å². The highest BCUT2D eigenvalue weighted by Crippen LogP contribution is 2.36. The Morgan fingerprint density at radius 1 is 1.48 bits per heavy atom. The Hall–Kier alpha value is -1.75. The van der Waals surface area contributed by atoms with Crippen LogP contribution < -0.4 is 4.74 Å². The second kappa shape index (κ2) is 5.93. The lowest BCUT2D eigenvalue weighted by molar-refractivity contribution is -0.148. The average molecular weight is 312 g/mol. The molecule has 5 nitrogen and oxygen atoms in total. The van der Waals surface area contributed by atoms with Crippen molar-refractivity contribution in [2.45, 2.75) is 19.8 Å². The maximum Gasteiger partial charge on any atom is 0.311 e. The number of carbonyl (C=O) groups excluding carboxylic acids is 1. The topological polar surface area (TPSA) is 66.8 Å². The summed E-state index contributed by atoms with van der Waals surface area (Å²) in [4.78, 5) is 25.6. The lowest BCUT2D eigenvalue weighted by Gasteiger charge is -2.23. The van der Waals surface area contributed by atoms with Crippen LogP contribution in [0.25, 0.3) is 0 Å². The van der Waals surface area contributed by atoms with Crippen LogP contribution in [0.2, 0.25) is 5.02 Å². The SMILES string of the molecule is CCC1(C(=O)O)CCN(C(=O)c2cc(Cl)ccc2OC)C1. The van der Waals surface area contributed by atoms with Gasteiger partial charge in [-0.25, -0.2) is 0 Å². The number of ether oxygens (including phenoxy) is 1. The zero-order valence-corrected chi connectivity index (χ0v) is 12.8. The number of amides is 1. The summed E-state index contributed by atoms with van der Waals surface area (Å²) in [5.74, 6) is -0.655. The van der Waals surface area contributed by atoms with Gasteiger partial charge in [-0.15, -0.1) is 0 Å². The summed E-state index contributed by atoms with van der Waals surface area (Å²) in [5.41, 5.74) is -0.483. The Kier molecular flexibility index (Phi) is 4.42. The van der Waals surface area contributed by atoms with E-state index in [9.17, 15) is 14.7 Å². The highest BCUT2D eigenvalue weighted by molar-refractivity contribution is 6.31. The maximum atomic E-state index is 12.6. The number of hydrogen-bond acceptors (Lipinski definition) is 3. The van der Waals surface area contributed by atoms with Crippen LogP contribution in [-0.4, -0.2) is 42.1 Å². The van der Waals surface area contributed by atoms with Gasteiger partial charge in [0.25, 0.3) is 5.91 Å². The fraction of sp³-hybridized carbons (Fsp3) is 0.467. The van der Waals surface area contributed by atoms with Crippen molar-refractivity contribution in [2.75, 3.05) is 20.2 Å². The predicted molar refractivity (Wildman–Crippen MR) is 78.9 cm³/mol.